The Morgan fingerprint density at radius 3 is 3.07 bits per heavy atom. The van der Waals surface area contributed by atoms with Crippen LogP contribution in [0.25, 0.3) is 0 Å². The van der Waals surface area contributed by atoms with E-state index in [-0.39, 0.29) is 0 Å². The maximum absolute atomic E-state index is 5.05. The average molecular weight is 279 g/mol. The van der Waals surface area contributed by atoms with Gasteiger partial charge in [0.05, 0.1) is 18.0 Å². The van der Waals surface area contributed by atoms with Gasteiger partial charge in [0, 0.05) is 25.2 Å². The van der Waals surface area contributed by atoms with Gasteiger partial charge in [-0.15, -0.1) is 11.3 Å². The Morgan fingerprint density at radius 2 is 2.50 bits per heavy atom. The van der Waals surface area contributed by atoms with Crippen molar-refractivity contribution in [1.29, 1.82) is 0 Å². The highest BCUT2D eigenvalue weighted by Crippen LogP contribution is 2.09. The molecule has 0 aromatic carbocycles. The number of halogens is 1. The van der Waals surface area contributed by atoms with E-state index in [1.807, 2.05) is 11.6 Å². The van der Waals surface area contributed by atoms with Gasteiger partial charge in [0.25, 0.3) is 0 Å². The van der Waals surface area contributed by atoms with Crippen LogP contribution in [0.3, 0.4) is 0 Å². The number of rotatable bonds is 6. The number of nitrogens with zero attached hydrogens (tertiary/aromatic N) is 2. The number of ether oxygens (including phenoxy) is 1. The van der Waals surface area contributed by atoms with Gasteiger partial charge in [0.2, 0.25) is 0 Å². The smallest absolute Gasteiger partial charge is 0.107 e. The number of methoxy groups -OCH3 is 1. The molecule has 1 atom stereocenters. The van der Waals surface area contributed by atoms with E-state index in [9.17, 15) is 0 Å². The van der Waals surface area contributed by atoms with Crippen molar-refractivity contribution in [3.05, 3.63) is 16.6 Å². The molecule has 0 N–H and O–H groups in total. The lowest BCUT2D eigenvalue weighted by atomic mass is 10.4. The summed E-state index contributed by atoms with van der Waals surface area (Å²) >= 11 is 5.25. The number of aromatic nitrogens is 1. The van der Waals surface area contributed by atoms with Crippen LogP contribution in [-0.4, -0.2) is 42.0 Å². The standard InChI is InChI=1S/C9H15BrN2OS/c1-12(5-8(10)7-13-2)6-9-11-3-4-14-9/h3-4,8H,5-7H2,1-2H3. The van der Waals surface area contributed by atoms with Crippen molar-refractivity contribution in [2.75, 3.05) is 27.3 Å². The van der Waals surface area contributed by atoms with Crippen molar-refractivity contribution in [2.45, 2.75) is 11.4 Å². The van der Waals surface area contributed by atoms with Crippen LogP contribution in [0.2, 0.25) is 0 Å². The highest BCUT2D eigenvalue weighted by Gasteiger charge is 2.08. The summed E-state index contributed by atoms with van der Waals surface area (Å²) in [5.74, 6) is 0. The van der Waals surface area contributed by atoms with Crippen molar-refractivity contribution in [3.63, 3.8) is 0 Å². The molecule has 14 heavy (non-hydrogen) atoms. The SMILES string of the molecule is COCC(Br)CN(C)Cc1nccs1. The van der Waals surface area contributed by atoms with Gasteiger partial charge >= 0.3 is 0 Å². The van der Waals surface area contributed by atoms with Gasteiger partial charge in [-0.3, -0.25) is 4.90 Å². The summed E-state index contributed by atoms with van der Waals surface area (Å²) in [6.07, 6.45) is 1.84. The minimum Gasteiger partial charge on any atom is -0.383 e. The van der Waals surface area contributed by atoms with Crippen molar-refractivity contribution >= 4 is 27.3 Å². The first-order valence-electron chi connectivity index (χ1n) is 4.42. The van der Waals surface area contributed by atoms with Gasteiger partial charge in [-0.05, 0) is 7.05 Å². The fourth-order valence-corrected chi connectivity index (χ4v) is 2.65. The van der Waals surface area contributed by atoms with E-state index >= 15 is 0 Å². The minimum atomic E-state index is 0.387. The predicted octanol–water partition coefficient (Wildman–Crippen LogP) is 1.98. The molecule has 0 aliphatic heterocycles. The maximum Gasteiger partial charge on any atom is 0.107 e. The number of hydrogen-bond acceptors (Lipinski definition) is 4. The van der Waals surface area contributed by atoms with Crippen molar-refractivity contribution in [1.82, 2.24) is 9.88 Å². The van der Waals surface area contributed by atoms with Crippen LogP contribution < -0.4 is 0 Å². The highest BCUT2D eigenvalue weighted by atomic mass is 79.9. The molecule has 1 heterocycles. The molecule has 0 saturated heterocycles. The van der Waals surface area contributed by atoms with Gasteiger partial charge in [0.1, 0.15) is 5.01 Å². The summed E-state index contributed by atoms with van der Waals surface area (Å²) in [4.78, 5) is 6.86. The van der Waals surface area contributed by atoms with Crippen molar-refractivity contribution in [3.8, 4) is 0 Å². The third-order valence-electron chi connectivity index (χ3n) is 1.75. The first kappa shape index (κ1) is 12.1. The van der Waals surface area contributed by atoms with E-state index < -0.39 is 0 Å². The van der Waals surface area contributed by atoms with Crippen LogP contribution in [0.5, 0.6) is 0 Å². The topological polar surface area (TPSA) is 25.4 Å². The Morgan fingerprint density at radius 1 is 1.71 bits per heavy atom. The van der Waals surface area contributed by atoms with Crippen LogP contribution in [0.1, 0.15) is 5.01 Å². The highest BCUT2D eigenvalue weighted by molar-refractivity contribution is 9.09. The van der Waals surface area contributed by atoms with Crippen LogP contribution in [0.15, 0.2) is 11.6 Å². The molecule has 1 aromatic heterocycles. The second kappa shape index (κ2) is 6.50. The molecule has 0 fully saturated rings. The average Bonchev–Trinajstić information content (AvgIpc) is 2.56. The third kappa shape index (κ3) is 4.50. The van der Waals surface area contributed by atoms with E-state index in [0.29, 0.717) is 4.83 Å². The third-order valence-corrected chi connectivity index (χ3v) is 3.06. The fourth-order valence-electron chi connectivity index (χ4n) is 1.20. The van der Waals surface area contributed by atoms with Gasteiger partial charge < -0.3 is 4.74 Å². The van der Waals surface area contributed by atoms with Gasteiger partial charge in [0.15, 0.2) is 0 Å². The van der Waals surface area contributed by atoms with E-state index in [4.69, 9.17) is 4.74 Å². The van der Waals surface area contributed by atoms with Crippen LogP contribution in [0.4, 0.5) is 0 Å². The number of hydrogen-bond donors (Lipinski definition) is 0. The first-order valence-corrected chi connectivity index (χ1v) is 6.22. The zero-order chi connectivity index (χ0) is 10.4. The van der Waals surface area contributed by atoms with E-state index in [1.54, 1.807) is 18.4 Å². The molecule has 1 unspecified atom stereocenters. The predicted molar refractivity (Wildman–Crippen MR) is 63.0 cm³/mol. The minimum absolute atomic E-state index is 0.387. The lowest BCUT2D eigenvalue weighted by Gasteiger charge is -2.18. The molecule has 0 amide bonds. The first-order chi connectivity index (χ1) is 6.72. The van der Waals surface area contributed by atoms with Crippen LogP contribution in [0, 0.1) is 0 Å². The molecule has 1 rings (SSSR count). The second-order valence-electron chi connectivity index (χ2n) is 3.18. The van der Waals surface area contributed by atoms with E-state index in [1.165, 1.54) is 0 Å². The molecule has 0 bridgehead atoms. The largest absolute Gasteiger partial charge is 0.383 e. The Balaban J connectivity index is 2.25. The van der Waals surface area contributed by atoms with E-state index in [0.717, 1.165) is 24.7 Å². The summed E-state index contributed by atoms with van der Waals surface area (Å²) < 4.78 is 5.05. The molecule has 0 aliphatic rings. The van der Waals surface area contributed by atoms with E-state index in [2.05, 4.69) is 32.9 Å². The summed E-state index contributed by atoms with van der Waals surface area (Å²) in [6, 6.07) is 0. The summed E-state index contributed by atoms with van der Waals surface area (Å²) in [7, 11) is 3.81. The summed E-state index contributed by atoms with van der Waals surface area (Å²) in [5, 5.41) is 3.16. The van der Waals surface area contributed by atoms with Gasteiger partial charge in [-0.25, -0.2) is 4.98 Å². The molecule has 0 saturated carbocycles. The molecule has 0 aliphatic carbocycles. The molecule has 1 aromatic rings. The zero-order valence-electron chi connectivity index (χ0n) is 8.44. The second-order valence-corrected chi connectivity index (χ2v) is 5.45. The van der Waals surface area contributed by atoms with Crippen LogP contribution >= 0.6 is 27.3 Å². The molecule has 3 nitrogen and oxygen atoms in total. The Bertz CT molecular complexity index is 243. The monoisotopic (exact) mass is 278 g/mol. The zero-order valence-corrected chi connectivity index (χ0v) is 10.8. The summed E-state index contributed by atoms with van der Waals surface area (Å²) in [6.45, 7) is 2.61. The van der Waals surface area contributed by atoms with Gasteiger partial charge in [-0.2, -0.15) is 0 Å². The normalized spacial score (nSPS) is 13.4. The molecule has 5 heteroatoms. The Hall–Kier alpha value is 0.0300. The quantitative estimate of drug-likeness (QED) is 0.745. The lowest BCUT2D eigenvalue weighted by molar-refractivity contribution is 0.185. The van der Waals surface area contributed by atoms with Crippen molar-refractivity contribution < 1.29 is 4.74 Å². The molecular formula is C9H15BrN2OS. The molecular weight excluding hydrogens is 264 g/mol. The number of alkyl halides is 1. The van der Waals surface area contributed by atoms with Gasteiger partial charge in [-0.1, -0.05) is 15.9 Å². The van der Waals surface area contributed by atoms with Crippen molar-refractivity contribution in [2.24, 2.45) is 0 Å². The molecule has 0 radical (unpaired) electrons. The Labute approximate surface area is 97.2 Å². The fraction of sp³-hybridized carbons (Fsp3) is 0.667. The maximum atomic E-state index is 5.05. The molecule has 80 valence electrons. The lowest BCUT2D eigenvalue weighted by Crippen LogP contribution is -2.27. The number of thiazole rings is 1. The molecule has 0 spiro atoms. The van der Waals surface area contributed by atoms with Crippen LogP contribution in [-0.2, 0) is 11.3 Å². The summed E-state index contributed by atoms with van der Waals surface area (Å²) in [5.41, 5.74) is 0. The Kier molecular flexibility index (Phi) is 5.62.